The fraction of sp³-hybridized carbons (Fsp3) is 0.286. The van der Waals surface area contributed by atoms with E-state index in [1.165, 1.54) is 51.2 Å². The maximum absolute atomic E-state index is 14.7. The van der Waals surface area contributed by atoms with E-state index in [1.807, 2.05) is 6.07 Å². The van der Waals surface area contributed by atoms with Crippen molar-refractivity contribution in [3.05, 3.63) is 64.7 Å². The largest absolute Gasteiger partial charge is 0.386 e. The molecule has 1 aromatic heterocycles. The van der Waals surface area contributed by atoms with Gasteiger partial charge in [-0.3, -0.25) is 9.98 Å². The number of benzene rings is 1. The lowest BCUT2D eigenvalue weighted by atomic mass is 9.91. The van der Waals surface area contributed by atoms with Gasteiger partial charge in [0.2, 0.25) is 0 Å². The molecule has 1 atom stereocenters. The summed E-state index contributed by atoms with van der Waals surface area (Å²) >= 11 is 0. The molecule has 1 aromatic carbocycles. The number of aromatic nitrogens is 1. The summed E-state index contributed by atoms with van der Waals surface area (Å²) in [4.78, 5) is 8.19. The third kappa shape index (κ3) is 3.71. The van der Waals surface area contributed by atoms with Gasteiger partial charge in [0.05, 0.1) is 17.0 Å². The Hall–Kier alpha value is -3.12. The van der Waals surface area contributed by atoms with Crippen molar-refractivity contribution in [3.63, 3.8) is 0 Å². The summed E-state index contributed by atoms with van der Waals surface area (Å²) in [5, 5.41) is 8.80. The molecule has 156 valence electrons. The minimum atomic E-state index is -3.72. The molecule has 0 spiro atoms. The molecule has 1 aliphatic rings. The molecule has 30 heavy (non-hydrogen) atoms. The molecule has 3 rings (SSSR count). The Balaban J connectivity index is 2.06. The zero-order chi connectivity index (χ0) is 22.3. The average molecular weight is 430 g/mol. The van der Waals surface area contributed by atoms with Crippen LogP contribution in [0.25, 0.3) is 11.9 Å². The van der Waals surface area contributed by atoms with E-state index in [-0.39, 0.29) is 17.1 Å². The Morgan fingerprint density at radius 1 is 1.27 bits per heavy atom. The van der Waals surface area contributed by atoms with Gasteiger partial charge in [-0.15, -0.1) is 0 Å². The number of sulfone groups is 1. The number of rotatable bonds is 3. The monoisotopic (exact) mass is 430 g/mol. The molecule has 0 aliphatic carbocycles. The molecular formula is C21H20F2N4O2S. The highest BCUT2D eigenvalue weighted by molar-refractivity contribution is 7.93. The number of halogens is 2. The first-order valence-corrected chi connectivity index (χ1v) is 10.7. The van der Waals surface area contributed by atoms with Crippen LogP contribution in [0.5, 0.6) is 0 Å². The third-order valence-corrected chi connectivity index (χ3v) is 7.94. The Morgan fingerprint density at radius 2 is 1.97 bits per heavy atom. The van der Waals surface area contributed by atoms with Gasteiger partial charge < -0.3 is 5.73 Å². The highest BCUT2D eigenvalue weighted by Gasteiger charge is 2.49. The van der Waals surface area contributed by atoms with Crippen LogP contribution in [0.3, 0.4) is 0 Å². The second-order valence-corrected chi connectivity index (χ2v) is 10.4. The molecule has 0 bridgehead atoms. The molecule has 0 saturated carbocycles. The fourth-order valence-electron chi connectivity index (χ4n) is 3.15. The van der Waals surface area contributed by atoms with E-state index < -0.39 is 37.5 Å². The predicted octanol–water partition coefficient (Wildman–Crippen LogP) is 3.34. The van der Waals surface area contributed by atoms with E-state index in [0.717, 1.165) is 12.1 Å². The van der Waals surface area contributed by atoms with Crippen molar-refractivity contribution in [2.24, 2.45) is 10.7 Å². The topological polar surface area (TPSA) is 109 Å². The number of amidine groups is 1. The summed E-state index contributed by atoms with van der Waals surface area (Å²) in [7, 11) is -3.72. The molecule has 0 fully saturated rings. The molecule has 1 aliphatic heterocycles. The summed E-state index contributed by atoms with van der Waals surface area (Å²) in [6.45, 7) is 4.39. The van der Waals surface area contributed by atoms with Gasteiger partial charge in [-0.25, -0.2) is 17.2 Å². The van der Waals surface area contributed by atoms with E-state index >= 15 is 0 Å². The molecule has 9 heteroatoms. The first-order chi connectivity index (χ1) is 13.9. The maximum atomic E-state index is 14.7. The van der Waals surface area contributed by atoms with Crippen LogP contribution in [-0.2, 0) is 15.4 Å². The molecule has 0 amide bonds. The van der Waals surface area contributed by atoms with Crippen molar-refractivity contribution in [2.45, 2.75) is 31.1 Å². The summed E-state index contributed by atoms with van der Waals surface area (Å²) in [6, 6.07) is 8.52. The second-order valence-electron chi connectivity index (χ2n) is 7.82. The van der Waals surface area contributed by atoms with Gasteiger partial charge in [-0.2, -0.15) is 5.26 Å². The van der Waals surface area contributed by atoms with Crippen LogP contribution in [0.4, 0.5) is 8.78 Å². The molecule has 2 N–H and O–H groups in total. The van der Waals surface area contributed by atoms with Gasteiger partial charge >= 0.3 is 0 Å². The first kappa shape index (κ1) is 21.6. The standard InChI is InChI=1S/C21H20F2N4O2S/c1-20(2)19(25)27-21(3,12-30(20,28)29)15-8-13(4-6-16(15)22)9-17(23)18-7-5-14(10-24)11-26-18/h4-9,11H,12H2,1-3H3,(H2,25,27)/b17-9-/t21-/m0/s1. The van der Waals surface area contributed by atoms with E-state index in [1.54, 1.807) is 0 Å². The van der Waals surface area contributed by atoms with Crippen LogP contribution >= 0.6 is 0 Å². The van der Waals surface area contributed by atoms with Crippen molar-refractivity contribution in [1.29, 1.82) is 5.26 Å². The van der Waals surface area contributed by atoms with Crippen LogP contribution in [0.2, 0.25) is 0 Å². The van der Waals surface area contributed by atoms with Crippen LogP contribution < -0.4 is 5.73 Å². The molecule has 6 nitrogen and oxygen atoms in total. The van der Waals surface area contributed by atoms with Crippen molar-refractivity contribution < 1.29 is 17.2 Å². The lowest BCUT2D eigenvalue weighted by Crippen LogP contribution is -2.55. The van der Waals surface area contributed by atoms with Crippen molar-refractivity contribution in [3.8, 4) is 6.07 Å². The fourth-order valence-corrected chi connectivity index (χ4v) is 4.83. The van der Waals surface area contributed by atoms with Gasteiger partial charge in [0.25, 0.3) is 0 Å². The summed E-state index contributed by atoms with van der Waals surface area (Å²) < 4.78 is 53.3. The molecule has 0 unspecified atom stereocenters. The number of aliphatic imine (C=N–C) groups is 1. The van der Waals surface area contributed by atoms with Gasteiger partial charge in [0.1, 0.15) is 33.8 Å². The summed E-state index contributed by atoms with van der Waals surface area (Å²) in [6.07, 6.45) is 2.39. The van der Waals surface area contributed by atoms with Gasteiger partial charge in [0, 0.05) is 11.8 Å². The third-order valence-electron chi connectivity index (χ3n) is 5.23. The SMILES string of the molecule is CC1(C)C(N)=N[C@](C)(c2cc(/C=C(\F)c3ccc(C#N)cn3)ccc2F)CS1(=O)=O. The minimum absolute atomic E-state index is 0.00105. The Kier molecular flexibility index (Phi) is 5.24. The average Bonchev–Trinajstić information content (AvgIpc) is 2.67. The highest BCUT2D eigenvalue weighted by Crippen LogP contribution is 2.38. The Morgan fingerprint density at radius 3 is 2.53 bits per heavy atom. The molecule has 0 saturated heterocycles. The summed E-state index contributed by atoms with van der Waals surface area (Å²) in [5.74, 6) is -1.90. The number of nitrogens with two attached hydrogens (primary N) is 1. The molecule has 2 aromatic rings. The van der Waals surface area contributed by atoms with Gasteiger partial charge in [-0.1, -0.05) is 6.07 Å². The van der Waals surface area contributed by atoms with Crippen molar-refractivity contribution >= 4 is 27.6 Å². The number of nitriles is 1. The van der Waals surface area contributed by atoms with E-state index in [4.69, 9.17) is 11.0 Å². The van der Waals surface area contributed by atoms with Crippen molar-refractivity contribution in [2.75, 3.05) is 5.75 Å². The number of nitrogens with zero attached hydrogens (tertiary/aromatic N) is 3. The normalized spacial score (nSPS) is 22.8. The summed E-state index contributed by atoms with van der Waals surface area (Å²) in [5.41, 5.74) is 5.07. The number of hydrogen-bond donors (Lipinski definition) is 1. The highest BCUT2D eigenvalue weighted by atomic mass is 32.2. The van der Waals surface area contributed by atoms with E-state index in [9.17, 15) is 17.2 Å². The van der Waals surface area contributed by atoms with Crippen LogP contribution in [0.15, 0.2) is 41.5 Å². The lowest BCUT2D eigenvalue weighted by Gasteiger charge is -2.38. The molecule has 0 radical (unpaired) electrons. The quantitative estimate of drug-likeness (QED) is 0.803. The van der Waals surface area contributed by atoms with Gasteiger partial charge in [0.15, 0.2) is 9.84 Å². The van der Waals surface area contributed by atoms with Gasteiger partial charge in [-0.05, 0) is 56.7 Å². The number of pyridine rings is 1. The van der Waals surface area contributed by atoms with E-state index in [0.29, 0.717) is 11.1 Å². The molecular weight excluding hydrogens is 410 g/mol. The van der Waals surface area contributed by atoms with Crippen LogP contribution in [-0.4, -0.2) is 29.7 Å². The zero-order valence-corrected chi connectivity index (χ0v) is 17.5. The predicted molar refractivity (Wildman–Crippen MR) is 111 cm³/mol. The lowest BCUT2D eigenvalue weighted by molar-refractivity contribution is 0.475. The first-order valence-electron chi connectivity index (χ1n) is 9.01. The minimum Gasteiger partial charge on any atom is -0.386 e. The van der Waals surface area contributed by atoms with E-state index in [2.05, 4.69) is 9.98 Å². The zero-order valence-electron chi connectivity index (χ0n) is 16.6. The molecule has 2 heterocycles. The van der Waals surface area contributed by atoms with Crippen LogP contribution in [0, 0.1) is 17.1 Å². The Bertz CT molecular complexity index is 1210. The second kappa shape index (κ2) is 7.29. The van der Waals surface area contributed by atoms with Crippen molar-refractivity contribution in [1.82, 2.24) is 4.98 Å². The number of hydrogen-bond acceptors (Lipinski definition) is 6. The smallest absolute Gasteiger partial charge is 0.165 e. The van der Waals surface area contributed by atoms with Crippen LogP contribution in [0.1, 0.15) is 43.2 Å². The maximum Gasteiger partial charge on any atom is 0.165 e. The Labute approximate surface area is 173 Å².